The van der Waals surface area contributed by atoms with Crippen LogP contribution in [0.3, 0.4) is 0 Å². The average molecular weight is 658 g/mol. The van der Waals surface area contributed by atoms with Gasteiger partial charge < -0.3 is 36.2 Å². The standard InChI is InChI=1S/C36H36FN3O8/c1-40(2)30-24-14-19-13-23-21(22-12-18(7-10-26(22)48-3)16-39-15-17-5-4-6-20(37)11-17)8-9-25(41)28(23)31(42)27(19)33(44)36(24,47)34(45)29(32(30)43)35(38)46/h4-12,19,24,30,39,41,43-44,47H,13-16H2,1-3H3,(H2,38,46). The fraction of sp³-hybridized carbons (Fsp3) is 0.306. The van der Waals surface area contributed by atoms with Gasteiger partial charge in [0, 0.05) is 30.1 Å². The number of rotatable bonds is 8. The number of benzene rings is 3. The Morgan fingerprint density at radius 3 is 2.40 bits per heavy atom. The van der Waals surface area contributed by atoms with E-state index in [1.165, 1.54) is 30.2 Å². The second-order valence-corrected chi connectivity index (χ2v) is 12.7. The molecule has 0 saturated carbocycles. The summed E-state index contributed by atoms with van der Waals surface area (Å²) in [4.78, 5) is 41.5. The van der Waals surface area contributed by atoms with Crippen molar-refractivity contribution in [1.82, 2.24) is 10.2 Å². The molecule has 4 unspecified atom stereocenters. The van der Waals surface area contributed by atoms with Crippen LogP contribution in [-0.2, 0) is 29.1 Å². The van der Waals surface area contributed by atoms with E-state index in [9.17, 15) is 39.2 Å². The summed E-state index contributed by atoms with van der Waals surface area (Å²) in [7, 11) is 4.67. The van der Waals surface area contributed by atoms with Gasteiger partial charge in [-0.1, -0.05) is 24.3 Å². The van der Waals surface area contributed by atoms with Gasteiger partial charge in [0.25, 0.3) is 5.91 Å². The van der Waals surface area contributed by atoms with E-state index in [4.69, 9.17) is 10.5 Å². The summed E-state index contributed by atoms with van der Waals surface area (Å²) in [6.07, 6.45) is 0.103. The number of phenols is 1. The summed E-state index contributed by atoms with van der Waals surface area (Å²) < 4.78 is 19.3. The van der Waals surface area contributed by atoms with Crippen LogP contribution in [0.5, 0.6) is 11.5 Å². The number of hydrogen-bond acceptors (Lipinski definition) is 10. The summed E-state index contributed by atoms with van der Waals surface area (Å²) in [5.74, 6) is -6.91. The average Bonchev–Trinajstić information content (AvgIpc) is 3.02. The van der Waals surface area contributed by atoms with Gasteiger partial charge in [0.15, 0.2) is 11.4 Å². The molecule has 0 radical (unpaired) electrons. The molecule has 250 valence electrons. The minimum absolute atomic E-state index is 0.0258. The van der Waals surface area contributed by atoms with Gasteiger partial charge in [0.05, 0.1) is 18.7 Å². The van der Waals surface area contributed by atoms with Crippen LogP contribution in [0.1, 0.15) is 33.5 Å². The molecule has 3 aromatic carbocycles. The zero-order chi connectivity index (χ0) is 34.7. The summed E-state index contributed by atoms with van der Waals surface area (Å²) in [5.41, 5.74) is 4.89. The van der Waals surface area contributed by atoms with Gasteiger partial charge in [0.2, 0.25) is 5.78 Å². The molecule has 0 bridgehead atoms. The Kier molecular flexibility index (Phi) is 8.36. The SMILES string of the molecule is COc1ccc(CNCc2cccc(F)c2)cc1-c1ccc(O)c2c1CC1CC3C(N(C)C)C(O)=C(C(N)=O)C(=O)C3(O)C(O)=C1C2=O. The first-order valence-corrected chi connectivity index (χ1v) is 15.4. The lowest BCUT2D eigenvalue weighted by Crippen LogP contribution is -2.63. The fourth-order valence-electron chi connectivity index (χ4n) is 7.58. The summed E-state index contributed by atoms with van der Waals surface area (Å²) >= 11 is 0. The van der Waals surface area contributed by atoms with Crippen molar-refractivity contribution in [2.75, 3.05) is 21.2 Å². The summed E-state index contributed by atoms with van der Waals surface area (Å²) in [6.45, 7) is 0.860. The Hall–Kier alpha value is -5.04. The number of aromatic hydroxyl groups is 1. The highest BCUT2D eigenvalue weighted by molar-refractivity contribution is 6.25. The number of phenolic OH excluding ortho intramolecular Hbond substituents is 1. The molecule has 3 aromatic rings. The lowest BCUT2D eigenvalue weighted by atomic mass is 9.58. The number of nitrogens with two attached hydrogens (primary N) is 1. The Morgan fingerprint density at radius 1 is 1.04 bits per heavy atom. The van der Waals surface area contributed by atoms with Gasteiger partial charge in [0.1, 0.15) is 34.4 Å². The van der Waals surface area contributed by atoms with E-state index in [1.54, 1.807) is 32.3 Å². The molecule has 0 spiro atoms. The number of likely N-dealkylation sites (N-methyl/N-ethyl adjacent to an activating group) is 1. The number of fused-ring (bicyclic) bond motifs is 3. The lowest BCUT2D eigenvalue weighted by Gasteiger charge is -2.50. The van der Waals surface area contributed by atoms with Crippen LogP contribution in [0.25, 0.3) is 11.1 Å². The van der Waals surface area contributed by atoms with Crippen molar-refractivity contribution in [2.24, 2.45) is 17.6 Å². The third-order valence-corrected chi connectivity index (χ3v) is 9.71. The number of ketones is 2. The fourth-order valence-corrected chi connectivity index (χ4v) is 7.58. The van der Waals surface area contributed by atoms with Crippen molar-refractivity contribution in [2.45, 2.75) is 37.6 Å². The number of carbonyl (C=O) groups is 3. The third-order valence-electron chi connectivity index (χ3n) is 9.71. The maximum atomic E-state index is 14.2. The maximum Gasteiger partial charge on any atom is 0.255 e. The Bertz CT molecular complexity index is 1940. The van der Waals surface area contributed by atoms with E-state index in [1.807, 2.05) is 18.2 Å². The summed E-state index contributed by atoms with van der Waals surface area (Å²) in [5, 5.41) is 48.7. The molecule has 1 amide bonds. The first-order valence-electron chi connectivity index (χ1n) is 15.4. The molecule has 0 aliphatic heterocycles. The van der Waals surface area contributed by atoms with Crippen molar-refractivity contribution in [3.8, 4) is 22.6 Å². The topological polar surface area (TPSA) is 183 Å². The molecule has 4 atom stereocenters. The number of nitrogens with zero attached hydrogens (tertiary/aromatic N) is 1. The highest BCUT2D eigenvalue weighted by Gasteiger charge is 2.63. The highest BCUT2D eigenvalue weighted by Crippen LogP contribution is 2.53. The van der Waals surface area contributed by atoms with Crippen molar-refractivity contribution < 1.29 is 43.9 Å². The van der Waals surface area contributed by atoms with Crippen molar-refractivity contribution in [3.63, 3.8) is 0 Å². The molecule has 48 heavy (non-hydrogen) atoms. The van der Waals surface area contributed by atoms with Crippen molar-refractivity contribution >= 4 is 17.5 Å². The number of allylic oxidation sites excluding steroid dienone is 1. The minimum atomic E-state index is -2.71. The second-order valence-electron chi connectivity index (χ2n) is 12.7. The number of halogens is 1. The first-order chi connectivity index (χ1) is 22.8. The van der Waals surface area contributed by atoms with Gasteiger partial charge in [-0.2, -0.15) is 0 Å². The number of Topliss-reactive ketones (excluding diaryl/α,β-unsaturated/α-hetero) is 2. The molecule has 0 heterocycles. The number of ether oxygens (including phenoxy) is 1. The smallest absolute Gasteiger partial charge is 0.255 e. The van der Waals surface area contributed by atoms with Gasteiger partial charge in [-0.15, -0.1) is 0 Å². The maximum absolute atomic E-state index is 14.2. The number of carbonyl (C=O) groups excluding carboxylic acids is 3. The molecule has 7 N–H and O–H groups in total. The van der Waals surface area contributed by atoms with E-state index in [0.29, 0.717) is 35.5 Å². The first kappa shape index (κ1) is 32.9. The lowest BCUT2D eigenvalue weighted by molar-refractivity contribution is -0.148. The van der Waals surface area contributed by atoms with E-state index < -0.39 is 58.0 Å². The summed E-state index contributed by atoms with van der Waals surface area (Å²) in [6, 6.07) is 13.8. The number of amides is 1. The molecule has 12 heteroatoms. The van der Waals surface area contributed by atoms with Crippen LogP contribution >= 0.6 is 0 Å². The molecule has 0 aromatic heterocycles. The van der Waals surface area contributed by atoms with Gasteiger partial charge in [-0.05, 0) is 85.4 Å². The van der Waals surface area contributed by atoms with E-state index >= 15 is 0 Å². The molecule has 3 aliphatic rings. The number of aliphatic hydroxyl groups excluding tert-OH is 2. The normalized spacial score (nSPS) is 23.6. The predicted octanol–water partition coefficient (Wildman–Crippen LogP) is 3.23. The molecule has 0 saturated heterocycles. The molecule has 11 nitrogen and oxygen atoms in total. The van der Waals surface area contributed by atoms with Gasteiger partial charge in [-0.25, -0.2) is 4.39 Å². The van der Waals surface area contributed by atoms with E-state index in [2.05, 4.69) is 5.32 Å². The Balaban J connectivity index is 1.42. The molecule has 6 rings (SSSR count). The Labute approximate surface area is 275 Å². The molecular formula is C36H36FN3O8. The van der Waals surface area contributed by atoms with Crippen LogP contribution in [0.15, 0.2) is 77.3 Å². The third kappa shape index (κ3) is 5.13. The van der Waals surface area contributed by atoms with E-state index in [-0.39, 0.29) is 35.5 Å². The number of primary amides is 1. The van der Waals surface area contributed by atoms with Gasteiger partial charge in [-0.3, -0.25) is 19.3 Å². The van der Waals surface area contributed by atoms with Gasteiger partial charge >= 0.3 is 0 Å². The van der Waals surface area contributed by atoms with Crippen LogP contribution in [0.4, 0.5) is 4.39 Å². The van der Waals surface area contributed by atoms with Crippen molar-refractivity contribution in [3.05, 3.63) is 105 Å². The van der Waals surface area contributed by atoms with E-state index in [0.717, 1.165) is 11.1 Å². The molecule has 0 fully saturated rings. The van der Waals surface area contributed by atoms with Crippen molar-refractivity contribution in [1.29, 1.82) is 0 Å². The highest BCUT2D eigenvalue weighted by atomic mass is 19.1. The second kappa shape index (κ2) is 12.2. The van der Waals surface area contributed by atoms with Crippen LogP contribution < -0.4 is 15.8 Å². The largest absolute Gasteiger partial charge is 0.510 e. The molecular weight excluding hydrogens is 621 g/mol. The number of hydrogen-bond donors (Lipinski definition) is 6. The predicted molar refractivity (Wildman–Crippen MR) is 173 cm³/mol. The number of nitrogens with one attached hydrogen (secondary N) is 1. The van der Waals surface area contributed by atoms with Crippen LogP contribution in [0, 0.1) is 17.7 Å². The van der Waals surface area contributed by atoms with Crippen LogP contribution in [0.2, 0.25) is 0 Å². The minimum Gasteiger partial charge on any atom is -0.510 e. The van der Waals surface area contributed by atoms with Crippen LogP contribution in [-0.4, -0.2) is 75.6 Å². The monoisotopic (exact) mass is 657 g/mol. The zero-order valence-electron chi connectivity index (χ0n) is 26.6. The quantitative estimate of drug-likeness (QED) is 0.197. The number of aliphatic hydroxyl groups is 3. The number of methoxy groups -OCH3 is 1. The molecule has 3 aliphatic carbocycles. The zero-order valence-corrected chi connectivity index (χ0v) is 26.6. The Morgan fingerprint density at radius 2 is 1.75 bits per heavy atom.